The van der Waals surface area contributed by atoms with Gasteiger partial charge >= 0.3 is 0 Å². The van der Waals surface area contributed by atoms with Crippen LogP contribution in [0.15, 0.2) is 18.2 Å². The van der Waals surface area contributed by atoms with Crippen LogP contribution >= 0.6 is 0 Å². The van der Waals surface area contributed by atoms with Gasteiger partial charge in [-0.3, -0.25) is 0 Å². The van der Waals surface area contributed by atoms with Crippen molar-refractivity contribution < 1.29 is 0 Å². The Bertz CT molecular complexity index is 414. The van der Waals surface area contributed by atoms with Gasteiger partial charge in [-0.25, -0.2) is 0 Å². The standard InChI is InChI=1S/C16H24N2/c1-2-3-14-9-16(14)18-10-12-4-5-13-6-7-17-11-15(13)8-12/h4-5,8,14,16-18H,2-3,6-7,9-11H2,1H3. The fourth-order valence-electron chi connectivity index (χ4n) is 3.08. The molecular formula is C16H24N2. The van der Waals surface area contributed by atoms with Gasteiger partial charge in [0, 0.05) is 19.1 Å². The predicted octanol–water partition coefficient (Wildman–Crippen LogP) is 2.61. The van der Waals surface area contributed by atoms with Gasteiger partial charge in [0.2, 0.25) is 0 Å². The summed E-state index contributed by atoms with van der Waals surface area (Å²) in [6.07, 6.45) is 5.30. The zero-order valence-electron chi connectivity index (χ0n) is 11.3. The van der Waals surface area contributed by atoms with Crippen molar-refractivity contribution >= 4 is 0 Å². The average Bonchev–Trinajstić information content (AvgIpc) is 3.15. The van der Waals surface area contributed by atoms with Crippen molar-refractivity contribution in [3.8, 4) is 0 Å². The molecule has 1 fully saturated rings. The molecule has 0 amide bonds. The Morgan fingerprint density at radius 1 is 1.33 bits per heavy atom. The Hall–Kier alpha value is -0.860. The third-order valence-electron chi connectivity index (χ3n) is 4.31. The fourth-order valence-corrected chi connectivity index (χ4v) is 3.08. The number of nitrogens with one attached hydrogen (secondary N) is 2. The minimum Gasteiger partial charge on any atom is -0.312 e. The van der Waals surface area contributed by atoms with E-state index in [1.807, 2.05) is 0 Å². The molecule has 0 bridgehead atoms. The first-order valence-electron chi connectivity index (χ1n) is 7.41. The molecule has 2 aliphatic rings. The van der Waals surface area contributed by atoms with Crippen molar-refractivity contribution in [3.05, 3.63) is 34.9 Å². The van der Waals surface area contributed by atoms with E-state index < -0.39 is 0 Å². The van der Waals surface area contributed by atoms with Crippen LogP contribution in [0.2, 0.25) is 0 Å². The highest BCUT2D eigenvalue weighted by Crippen LogP contribution is 2.34. The summed E-state index contributed by atoms with van der Waals surface area (Å²) in [6, 6.07) is 7.79. The topological polar surface area (TPSA) is 24.1 Å². The van der Waals surface area contributed by atoms with E-state index in [9.17, 15) is 0 Å². The highest BCUT2D eigenvalue weighted by Gasteiger charge is 2.35. The van der Waals surface area contributed by atoms with Crippen LogP contribution in [0, 0.1) is 5.92 Å². The summed E-state index contributed by atoms with van der Waals surface area (Å²) < 4.78 is 0. The third kappa shape index (κ3) is 2.76. The monoisotopic (exact) mass is 244 g/mol. The Morgan fingerprint density at radius 3 is 3.17 bits per heavy atom. The van der Waals surface area contributed by atoms with Crippen LogP contribution in [0.5, 0.6) is 0 Å². The molecule has 2 heteroatoms. The van der Waals surface area contributed by atoms with E-state index in [1.165, 1.54) is 42.4 Å². The van der Waals surface area contributed by atoms with Gasteiger partial charge in [-0.1, -0.05) is 31.5 Å². The van der Waals surface area contributed by atoms with E-state index in [-0.39, 0.29) is 0 Å². The van der Waals surface area contributed by atoms with Crippen molar-refractivity contribution in [1.29, 1.82) is 0 Å². The summed E-state index contributed by atoms with van der Waals surface area (Å²) >= 11 is 0. The summed E-state index contributed by atoms with van der Waals surface area (Å²) in [6.45, 7) is 5.50. The highest BCUT2D eigenvalue weighted by atomic mass is 15.0. The lowest BCUT2D eigenvalue weighted by Gasteiger charge is -2.18. The molecule has 98 valence electrons. The number of hydrogen-bond acceptors (Lipinski definition) is 2. The quantitative estimate of drug-likeness (QED) is 0.832. The lowest BCUT2D eigenvalue weighted by Crippen LogP contribution is -2.24. The Labute approximate surface area is 110 Å². The van der Waals surface area contributed by atoms with Gasteiger partial charge in [-0.15, -0.1) is 0 Å². The van der Waals surface area contributed by atoms with E-state index in [1.54, 1.807) is 0 Å². The van der Waals surface area contributed by atoms with Gasteiger partial charge in [-0.2, -0.15) is 0 Å². The van der Waals surface area contributed by atoms with Crippen LogP contribution in [0.25, 0.3) is 0 Å². The molecule has 2 N–H and O–H groups in total. The molecule has 1 saturated carbocycles. The van der Waals surface area contributed by atoms with Crippen LogP contribution in [-0.2, 0) is 19.5 Å². The number of fused-ring (bicyclic) bond motifs is 1. The van der Waals surface area contributed by atoms with E-state index in [4.69, 9.17) is 0 Å². The lowest BCUT2D eigenvalue weighted by atomic mass is 9.98. The van der Waals surface area contributed by atoms with E-state index in [0.717, 1.165) is 31.6 Å². The Morgan fingerprint density at radius 2 is 2.28 bits per heavy atom. The second kappa shape index (κ2) is 5.41. The molecule has 1 aromatic carbocycles. The largest absolute Gasteiger partial charge is 0.312 e. The molecule has 0 radical (unpaired) electrons. The Balaban J connectivity index is 1.54. The van der Waals surface area contributed by atoms with Crippen LogP contribution in [0.4, 0.5) is 0 Å². The van der Waals surface area contributed by atoms with Gasteiger partial charge in [0.15, 0.2) is 0 Å². The van der Waals surface area contributed by atoms with Crippen molar-refractivity contribution in [3.63, 3.8) is 0 Å². The van der Waals surface area contributed by atoms with Gasteiger partial charge < -0.3 is 10.6 Å². The molecule has 1 aromatic rings. The first kappa shape index (κ1) is 12.2. The summed E-state index contributed by atoms with van der Waals surface area (Å²) in [5, 5.41) is 7.14. The molecule has 2 unspecified atom stereocenters. The number of rotatable bonds is 5. The highest BCUT2D eigenvalue weighted by molar-refractivity contribution is 5.33. The summed E-state index contributed by atoms with van der Waals surface area (Å²) in [4.78, 5) is 0. The SMILES string of the molecule is CCCC1CC1NCc1ccc2c(c1)CNCC2. The predicted molar refractivity (Wildman–Crippen MR) is 75.5 cm³/mol. The molecule has 2 nitrogen and oxygen atoms in total. The van der Waals surface area contributed by atoms with Gasteiger partial charge in [0.1, 0.15) is 0 Å². The summed E-state index contributed by atoms with van der Waals surface area (Å²) in [5.41, 5.74) is 4.48. The molecule has 18 heavy (non-hydrogen) atoms. The smallest absolute Gasteiger partial charge is 0.0208 e. The molecule has 0 saturated heterocycles. The van der Waals surface area contributed by atoms with Crippen LogP contribution in [-0.4, -0.2) is 12.6 Å². The second-order valence-electron chi connectivity index (χ2n) is 5.80. The average molecular weight is 244 g/mol. The number of benzene rings is 1. The molecule has 2 atom stereocenters. The lowest BCUT2D eigenvalue weighted by molar-refractivity contribution is 0.597. The first-order valence-corrected chi connectivity index (χ1v) is 7.41. The molecule has 0 aromatic heterocycles. The summed E-state index contributed by atoms with van der Waals surface area (Å²) in [7, 11) is 0. The zero-order chi connectivity index (χ0) is 12.4. The maximum Gasteiger partial charge on any atom is 0.0208 e. The number of hydrogen-bond donors (Lipinski definition) is 2. The zero-order valence-corrected chi connectivity index (χ0v) is 11.3. The fraction of sp³-hybridized carbons (Fsp3) is 0.625. The molecule has 1 heterocycles. The Kier molecular flexibility index (Phi) is 3.67. The van der Waals surface area contributed by atoms with E-state index >= 15 is 0 Å². The summed E-state index contributed by atoms with van der Waals surface area (Å²) in [5.74, 6) is 0.953. The van der Waals surface area contributed by atoms with Gasteiger partial charge in [0.25, 0.3) is 0 Å². The molecular weight excluding hydrogens is 220 g/mol. The normalized spacial score (nSPS) is 25.8. The van der Waals surface area contributed by atoms with Crippen LogP contribution in [0.3, 0.4) is 0 Å². The first-order chi connectivity index (χ1) is 8.86. The van der Waals surface area contributed by atoms with Crippen LogP contribution < -0.4 is 10.6 Å². The van der Waals surface area contributed by atoms with Crippen molar-refractivity contribution in [2.75, 3.05) is 6.54 Å². The van der Waals surface area contributed by atoms with Crippen molar-refractivity contribution in [2.24, 2.45) is 5.92 Å². The minimum absolute atomic E-state index is 0.791. The van der Waals surface area contributed by atoms with Crippen LogP contribution in [0.1, 0.15) is 42.9 Å². The maximum absolute atomic E-state index is 3.69. The van der Waals surface area contributed by atoms with Crippen molar-refractivity contribution in [2.45, 2.75) is 51.7 Å². The van der Waals surface area contributed by atoms with Gasteiger partial charge in [0.05, 0.1) is 0 Å². The molecule has 1 aliphatic heterocycles. The third-order valence-corrected chi connectivity index (χ3v) is 4.31. The second-order valence-corrected chi connectivity index (χ2v) is 5.80. The van der Waals surface area contributed by atoms with E-state index in [2.05, 4.69) is 35.8 Å². The van der Waals surface area contributed by atoms with Crippen molar-refractivity contribution in [1.82, 2.24) is 10.6 Å². The molecule has 1 aliphatic carbocycles. The minimum atomic E-state index is 0.791. The maximum atomic E-state index is 3.69. The van der Waals surface area contributed by atoms with E-state index in [0.29, 0.717) is 0 Å². The van der Waals surface area contributed by atoms with Gasteiger partial charge in [-0.05, 0) is 48.4 Å². The molecule has 3 rings (SSSR count). The molecule has 0 spiro atoms.